The maximum Gasteiger partial charge on any atom is 0.469 e. The van der Waals surface area contributed by atoms with E-state index in [2.05, 4.69) is 61.8 Å². The molecule has 10 heteroatoms. The second-order valence-electron chi connectivity index (χ2n) is 12.5. The number of phosphoric acid groups is 1. The molecule has 0 heterocycles. The number of hydrogen-bond acceptors (Lipinski definition) is 7. The van der Waals surface area contributed by atoms with E-state index < -0.39 is 38.6 Å². The minimum Gasteiger partial charge on any atom is -0.462 e. The monoisotopic (exact) mass is 696 g/mol. The van der Waals surface area contributed by atoms with Crippen LogP contribution in [0.5, 0.6) is 0 Å². The van der Waals surface area contributed by atoms with Gasteiger partial charge in [-0.1, -0.05) is 139 Å². The smallest absolute Gasteiger partial charge is 0.462 e. The van der Waals surface area contributed by atoms with Crippen molar-refractivity contribution in [3.8, 4) is 0 Å². The van der Waals surface area contributed by atoms with Crippen molar-refractivity contribution in [2.24, 2.45) is 5.92 Å². The first-order valence-corrected chi connectivity index (χ1v) is 19.6. The maximum absolute atomic E-state index is 12.4. The number of esters is 2. The van der Waals surface area contributed by atoms with Gasteiger partial charge in [0.25, 0.3) is 0 Å². The highest BCUT2D eigenvalue weighted by Crippen LogP contribution is 2.36. The summed E-state index contributed by atoms with van der Waals surface area (Å²) >= 11 is 0. The summed E-state index contributed by atoms with van der Waals surface area (Å²) in [5.74, 6) is -0.321. The molecule has 0 amide bonds. The van der Waals surface area contributed by atoms with Crippen molar-refractivity contribution in [1.82, 2.24) is 0 Å². The number of ether oxygens (including phenoxy) is 2. The van der Waals surface area contributed by atoms with Crippen molar-refractivity contribution >= 4 is 19.8 Å². The summed E-state index contributed by atoms with van der Waals surface area (Å²) in [6.07, 6.45) is 34.2. The van der Waals surface area contributed by atoms with E-state index in [1.165, 1.54) is 38.5 Å². The van der Waals surface area contributed by atoms with Gasteiger partial charge in [0, 0.05) is 12.8 Å². The number of carbonyl (C=O) groups excluding carboxylic acids is 2. The molecule has 0 aromatic rings. The number of phosphoric ester groups is 1. The summed E-state index contributed by atoms with van der Waals surface area (Å²) in [5, 5.41) is 10.2. The molecule has 0 spiro atoms. The van der Waals surface area contributed by atoms with E-state index in [9.17, 15) is 19.3 Å². The first kappa shape index (κ1) is 45.7. The van der Waals surface area contributed by atoms with Crippen LogP contribution in [0.4, 0.5) is 0 Å². The molecular formula is C38H65O9P. The molecule has 1 unspecified atom stereocenters. The number of unbranched alkanes of at least 4 members (excludes halogenated alkanes) is 8. The van der Waals surface area contributed by atoms with Crippen LogP contribution < -0.4 is 0 Å². The van der Waals surface area contributed by atoms with Gasteiger partial charge in [0.2, 0.25) is 0 Å². The molecule has 0 saturated carbocycles. The number of hydrogen-bond donors (Lipinski definition) is 3. The Balaban J connectivity index is 4.24. The van der Waals surface area contributed by atoms with E-state index in [0.29, 0.717) is 19.3 Å². The van der Waals surface area contributed by atoms with E-state index in [1.807, 2.05) is 12.2 Å². The van der Waals surface area contributed by atoms with Gasteiger partial charge in [0.05, 0.1) is 12.7 Å². The van der Waals surface area contributed by atoms with Crippen molar-refractivity contribution in [3.05, 3.63) is 60.8 Å². The summed E-state index contributed by atoms with van der Waals surface area (Å²) in [6.45, 7) is 5.66. The van der Waals surface area contributed by atoms with Crippen molar-refractivity contribution in [3.63, 3.8) is 0 Å². The van der Waals surface area contributed by atoms with E-state index in [-0.39, 0.29) is 19.4 Å². The molecule has 0 saturated heterocycles. The Morgan fingerprint density at radius 2 is 1.21 bits per heavy atom. The third kappa shape index (κ3) is 35.0. The number of aliphatic hydroxyl groups excluding tert-OH is 1. The second kappa shape index (κ2) is 31.9. The molecule has 0 aliphatic heterocycles. The molecule has 48 heavy (non-hydrogen) atoms. The third-order valence-corrected chi connectivity index (χ3v) is 7.82. The number of rotatable bonds is 31. The third-order valence-electron chi connectivity index (χ3n) is 7.33. The Bertz CT molecular complexity index is 994. The molecular weight excluding hydrogens is 631 g/mol. The normalized spacial score (nSPS) is 14.0. The van der Waals surface area contributed by atoms with Gasteiger partial charge in [-0.2, -0.15) is 0 Å². The number of allylic oxidation sites excluding steroid dienone is 9. The van der Waals surface area contributed by atoms with Crippen LogP contribution in [0.25, 0.3) is 0 Å². The van der Waals surface area contributed by atoms with Crippen molar-refractivity contribution in [1.29, 1.82) is 0 Å². The quantitative estimate of drug-likeness (QED) is 0.0213. The zero-order chi connectivity index (χ0) is 35.7. The summed E-state index contributed by atoms with van der Waals surface area (Å²) in [5.41, 5.74) is 0. The second-order valence-corrected chi connectivity index (χ2v) is 13.7. The zero-order valence-electron chi connectivity index (χ0n) is 29.9. The molecule has 276 valence electrons. The van der Waals surface area contributed by atoms with Crippen LogP contribution in [-0.2, 0) is 28.2 Å². The van der Waals surface area contributed by atoms with E-state index in [0.717, 1.165) is 50.9 Å². The maximum atomic E-state index is 12.4. The van der Waals surface area contributed by atoms with Gasteiger partial charge < -0.3 is 24.4 Å². The fourth-order valence-electron chi connectivity index (χ4n) is 4.64. The van der Waals surface area contributed by atoms with Crippen LogP contribution in [0.2, 0.25) is 0 Å². The van der Waals surface area contributed by atoms with Crippen LogP contribution in [0, 0.1) is 5.92 Å². The topological polar surface area (TPSA) is 140 Å². The van der Waals surface area contributed by atoms with Crippen LogP contribution in [0.1, 0.15) is 136 Å². The highest BCUT2D eigenvalue weighted by molar-refractivity contribution is 7.46. The lowest BCUT2D eigenvalue weighted by molar-refractivity contribution is -0.161. The van der Waals surface area contributed by atoms with E-state index in [4.69, 9.17) is 19.3 Å². The molecule has 9 nitrogen and oxygen atoms in total. The fraction of sp³-hybridized carbons (Fsp3) is 0.684. The van der Waals surface area contributed by atoms with E-state index >= 15 is 0 Å². The van der Waals surface area contributed by atoms with Gasteiger partial charge in [-0.25, -0.2) is 4.57 Å². The van der Waals surface area contributed by atoms with E-state index in [1.54, 1.807) is 12.2 Å². The Kier molecular flexibility index (Phi) is 30.4. The largest absolute Gasteiger partial charge is 0.469 e. The standard InChI is InChI=1S/C38H65O9P/c1-4-5-6-7-8-9-10-11-12-15-18-21-24-28-35(39)29-26-31-38(41)47-36(33-46-48(42,43)44)32-45-37(40)30-25-22-19-16-13-14-17-20-23-27-34(2)3/h5-6,8-9,11-12,18,21,24,28,34-36,39H,4,7,10,13-17,19-20,22-23,25-27,29-33H2,1-3H3,(H2,42,43,44)/b6-5-,9-8-,12-11-,21-18-,28-24+/t35?,36-/m1/s1. The lowest BCUT2D eigenvalue weighted by atomic mass is 10.0. The highest BCUT2D eigenvalue weighted by Gasteiger charge is 2.23. The lowest BCUT2D eigenvalue weighted by Gasteiger charge is -2.18. The Hall–Kier alpha value is -2.29. The molecule has 0 aromatic heterocycles. The van der Waals surface area contributed by atoms with Crippen molar-refractivity contribution in [2.75, 3.05) is 13.2 Å². The molecule has 0 rings (SSSR count). The molecule has 0 aromatic carbocycles. The Morgan fingerprint density at radius 1 is 0.667 bits per heavy atom. The molecule has 0 aliphatic rings. The van der Waals surface area contributed by atoms with Crippen LogP contribution in [-0.4, -0.2) is 52.3 Å². The molecule has 0 radical (unpaired) electrons. The first-order chi connectivity index (χ1) is 23.0. The lowest BCUT2D eigenvalue weighted by Crippen LogP contribution is -2.29. The van der Waals surface area contributed by atoms with Crippen molar-refractivity contribution < 1.29 is 43.0 Å². The van der Waals surface area contributed by atoms with Crippen molar-refractivity contribution in [2.45, 2.75) is 149 Å². The molecule has 0 fully saturated rings. The van der Waals surface area contributed by atoms with Crippen LogP contribution in [0.3, 0.4) is 0 Å². The van der Waals surface area contributed by atoms with Gasteiger partial charge in [0.15, 0.2) is 6.10 Å². The summed E-state index contributed by atoms with van der Waals surface area (Å²) in [6, 6.07) is 0. The molecule has 0 bridgehead atoms. The van der Waals surface area contributed by atoms with Crippen LogP contribution >= 0.6 is 7.82 Å². The Labute approximate surface area is 290 Å². The van der Waals surface area contributed by atoms with Gasteiger partial charge in [-0.05, 0) is 50.9 Å². The molecule has 2 atom stereocenters. The van der Waals surface area contributed by atoms with Crippen LogP contribution in [0.15, 0.2) is 60.8 Å². The average Bonchev–Trinajstić information content (AvgIpc) is 3.02. The highest BCUT2D eigenvalue weighted by atomic mass is 31.2. The summed E-state index contributed by atoms with van der Waals surface area (Å²) in [7, 11) is -4.80. The van der Waals surface area contributed by atoms with Gasteiger partial charge in [0.1, 0.15) is 6.61 Å². The number of aliphatic hydroxyl groups is 1. The molecule has 0 aliphatic carbocycles. The summed E-state index contributed by atoms with van der Waals surface area (Å²) < 4.78 is 26.1. The zero-order valence-corrected chi connectivity index (χ0v) is 30.8. The Morgan fingerprint density at radius 3 is 1.79 bits per heavy atom. The van der Waals surface area contributed by atoms with Gasteiger partial charge >= 0.3 is 19.8 Å². The minimum atomic E-state index is -4.80. The molecule has 3 N–H and O–H groups in total. The SMILES string of the molecule is CC/C=C\C/C=C\C/C=C\C/C=C\C=C\C(O)CCCC(=O)O[C@H](COC(=O)CCCCCCCCCCCC(C)C)COP(=O)(O)O. The number of carbonyl (C=O) groups is 2. The predicted molar refractivity (Wildman–Crippen MR) is 194 cm³/mol. The fourth-order valence-corrected chi connectivity index (χ4v) is 5.00. The average molecular weight is 697 g/mol. The van der Waals surface area contributed by atoms with Gasteiger partial charge in [-0.3, -0.25) is 14.1 Å². The van der Waals surface area contributed by atoms with Gasteiger partial charge in [-0.15, -0.1) is 0 Å². The first-order valence-electron chi connectivity index (χ1n) is 18.0. The minimum absolute atomic E-state index is 0.0207. The summed E-state index contributed by atoms with van der Waals surface area (Å²) in [4.78, 5) is 42.6. The predicted octanol–water partition coefficient (Wildman–Crippen LogP) is 9.39.